The summed E-state index contributed by atoms with van der Waals surface area (Å²) in [6, 6.07) is 23.3. The Bertz CT molecular complexity index is 972. The van der Waals surface area contributed by atoms with E-state index in [0.29, 0.717) is 5.02 Å². The number of phenolic OH excluding ortho intramolecular Hbond substituents is 1. The fourth-order valence-electron chi connectivity index (χ4n) is 2.91. The van der Waals surface area contributed by atoms with Gasteiger partial charge in [-0.05, 0) is 41.5 Å². The first kappa shape index (κ1) is 13.9. The number of fused-ring (bicyclic) bond motifs is 1. The second-order valence-corrected chi connectivity index (χ2v) is 5.91. The first-order valence-electron chi connectivity index (χ1n) is 7.38. The van der Waals surface area contributed by atoms with E-state index in [-0.39, 0.29) is 5.75 Å². The second-order valence-electron chi connectivity index (χ2n) is 5.48. The van der Waals surface area contributed by atoms with Gasteiger partial charge in [0, 0.05) is 21.5 Å². The summed E-state index contributed by atoms with van der Waals surface area (Å²) in [6.45, 7) is 0. The van der Waals surface area contributed by atoms with Gasteiger partial charge in [-0.15, -0.1) is 0 Å². The first-order valence-corrected chi connectivity index (χ1v) is 7.76. The van der Waals surface area contributed by atoms with Crippen molar-refractivity contribution in [3.8, 4) is 28.1 Å². The van der Waals surface area contributed by atoms with Crippen LogP contribution in [0.5, 0.6) is 5.75 Å². The van der Waals surface area contributed by atoms with Crippen LogP contribution in [0.2, 0.25) is 5.02 Å². The largest absolute Gasteiger partial charge is 0.508 e. The Hall–Kier alpha value is -2.71. The molecule has 4 rings (SSSR count). The summed E-state index contributed by atoms with van der Waals surface area (Å²) in [5.41, 5.74) is 5.33. The number of phenols is 1. The van der Waals surface area contributed by atoms with E-state index in [1.807, 2.05) is 48.5 Å². The topological polar surface area (TPSA) is 36.0 Å². The molecule has 0 unspecified atom stereocenters. The van der Waals surface area contributed by atoms with Gasteiger partial charge in [0.1, 0.15) is 5.75 Å². The van der Waals surface area contributed by atoms with E-state index >= 15 is 0 Å². The number of rotatable bonds is 2. The molecule has 0 atom stereocenters. The molecule has 4 aromatic rings. The SMILES string of the molecule is Oc1ccc(-c2c(-c3ccccc3)[nH]c3ccc(Cl)cc23)cc1. The molecule has 1 aromatic heterocycles. The summed E-state index contributed by atoms with van der Waals surface area (Å²) in [6.07, 6.45) is 0. The van der Waals surface area contributed by atoms with E-state index in [1.165, 1.54) is 0 Å². The highest BCUT2D eigenvalue weighted by Gasteiger charge is 2.15. The molecule has 2 N–H and O–H groups in total. The van der Waals surface area contributed by atoms with Crippen LogP contribution < -0.4 is 0 Å². The summed E-state index contributed by atoms with van der Waals surface area (Å²) in [7, 11) is 0. The van der Waals surface area contributed by atoms with Crippen LogP contribution >= 0.6 is 11.6 Å². The maximum Gasteiger partial charge on any atom is 0.115 e. The zero-order valence-corrected chi connectivity index (χ0v) is 13.0. The van der Waals surface area contributed by atoms with Gasteiger partial charge in [-0.1, -0.05) is 54.1 Å². The highest BCUT2D eigenvalue weighted by molar-refractivity contribution is 6.31. The van der Waals surface area contributed by atoms with E-state index in [4.69, 9.17) is 11.6 Å². The number of halogens is 1. The normalized spacial score (nSPS) is 11.0. The third-order valence-corrected chi connectivity index (χ3v) is 4.21. The molecule has 2 nitrogen and oxygen atoms in total. The maximum atomic E-state index is 9.57. The Morgan fingerprint density at radius 2 is 1.52 bits per heavy atom. The second kappa shape index (κ2) is 5.49. The highest BCUT2D eigenvalue weighted by Crippen LogP contribution is 2.39. The summed E-state index contributed by atoms with van der Waals surface area (Å²) in [4.78, 5) is 3.50. The van der Waals surface area contributed by atoms with Crippen LogP contribution in [-0.2, 0) is 0 Å². The predicted molar refractivity (Wildman–Crippen MR) is 95.8 cm³/mol. The molecule has 3 heteroatoms. The van der Waals surface area contributed by atoms with Gasteiger partial charge in [-0.2, -0.15) is 0 Å². The van der Waals surface area contributed by atoms with Crippen molar-refractivity contribution in [3.63, 3.8) is 0 Å². The van der Waals surface area contributed by atoms with E-state index in [1.54, 1.807) is 12.1 Å². The molecule has 0 fully saturated rings. The molecule has 0 aliphatic rings. The summed E-state index contributed by atoms with van der Waals surface area (Å²) >= 11 is 6.20. The zero-order valence-electron chi connectivity index (χ0n) is 12.3. The lowest BCUT2D eigenvalue weighted by molar-refractivity contribution is 0.475. The third kappa shape index (κ3) is 2.47. The number of hydrogen-bond donors (Lipinski definition) is 2. The van der Waals surface area contributed by atoms with Crippen LogP contribution in [0, 0.1) is 0 Å². The van der Waals surface area contributed by atoms with Crippen molar-refractivity contribution in [2.75, 3.05) is 0 Å². The Labute approximate surface area is 139 Å². The Balaban J connectivity index is 2.06. The molecule has 0 bridgehead atoms. The Morgan fingerprint density at radius 1 is 0.783 bits per heavy atom. The monoisotopic (exact) mass is 319 g/mol. The molecule has 3 aromatic carbocycles. The number of aromatic hydroxyl groups is 1. The molecule has 0 saturated heterocycles. The van der Waals surface area contributed by atoms with Crippen LogP contribution in [0.25, 0.3) is 33.3 Å². The Kier molecular flexibility index (Phi) is 3.32. The fourth-order valence-corrected chi connectivity index (χ4v) is 3.09. The summed E-state index contributed by atoms with van der Waals surface area (Å²) in [5, 5.41) is 11.3. The highest BCUT2D eigenvalue weighted by atomic mass is 35.5. The van der Waals surface area contributed by atoms with Gasteiger partial charge in [-0.25, -0.2) is 0 Å². The number of aromatic amines is 1. The van der Waals surface area contributed by atoms with Crippen molar-refractivity contribution in [1.82, 2.24) is 4.98 Å². The molecule has 0 radical (unpaired) electrons. The van der Waals surface area contributed by atoms with E-state index < -0.39 is 0 Å². The zero-order chi connectivity index (χ0) is 15.8. The van der Waals surface area contributed by atoms with Crippen molar-refractivity contribution in [2.45, 2.75) is 0 Å². The molecule has 1 heterocycles. The van der Waals surface area contributed by atoms with Gasteiger partial charge in [0.25, 0.3) is 0 Å². The van der Waals surface area contributed by atoms with Crippen molar-refractivity contribution in [2.24, 2.45) is 0 Å². The average Bonchev–Trinajstić information content (AvgIpc) is 2.95. The summed E-state index contributed by atoms with van der Waals surface area (Å²) < 4.78 is 0. The molecule has 0 saturated carbocycles. The molecule has 23 heavy (non-hydrogen) atoms. The lowest BCUT2D eigenvalue weighted by Gasteiger charge is -2.06. The van der Waals surface area contributed by atoms with Gasteiger partial charge >= 0.3 is 0 Å². The van der Waals surface area contributed by atoms with Crippen molar-refractivity contribution < 1.29 is 5.11 Å². The molecular formula is C20H14ClNO. The molecule has 0 amide bonds. The molecular weight excluding hydrogens is 306 g/mol. The van der Waals surface area contributed by atoms with Gasteiger partial charge < -0.3 is 10.1 Å². The number of aromatic nitrogens is 1. The standard InChI is InChI=1S/C20H14ClNO/c21-15-8-11-18-17(12-15)19(13-6-9-16(23)10-7-13)20(22-18)14-4-2-1-3-5-14/h1-12,22-23H. The van der Waals surface area contributed by atoms with Crippen molar-refractivity contribution >= 4 is 22.5 Å². The van der Waals surface area contributed by atoms with E-state index in [0.717, 1.165) is 33.3 Å². The van der Waals surface area contributed by atoms with Crippen LogP contribution in [0.3, 0.4) is 0 Å². The number of H-pyrrole nitrogens is 1. The minimum absolute atomic E-state index is 0.257. The van der Waals surface area contributed by atoms with Crippen LogP contribution in [0.1, 0.15) is 0 Å². The Morgan fingerprint density at radius 3 is 2.26 bits per heavy atom. The predicted octanol–water partition coefficient (Wildman–Crippen LogP) is 5.86. The fraction of sp³-hybridized carbons (Fsp3) is 0. The molecule has 0 spiro atoms. The van der Waals surface area contributed by atoms with Gasteiger partial charge in [0.05, 0.1) is 5.69 Å². The van der Waals surface area contributed by atoms with E-state index in [9.17, 15) is 5.11 Å². The van der Waals surface area contributed by atoms with Crippen LogP contribution in [-0.4, -0.2) is 10.1 Å². The number of nitrogens with one attached hydrogen (secondary N) is 1. The van der Waals surface area contributed by atoms with Gasteiger partial charge in [-0.3, -0.25) is 0 Å². The van der Waals surface area contributed by atoms with Crippen molar-refractivity contribution in [1.29, 1.82) is 0 Å². The van der Waals surface area contributed by atoms with Gasteiger partial charge in [0.15, 0.2) is 0 Å². The van der Waals surface area contributed by atoms with E-state index in [2.05, 4.69) is 17.1 Å². The average molecular weight is 320 g/mol. The van der Waals surface area contributed by atoms with Crippen molar-refractivity contribution in [3.05, 3.63) is 77.8 Å². The minimum atomic E-state index is 0.257. The third-order valence-electron chi connectivity index (χ3n) is 3.98. The minimum Gasteiger partial charge on any atom is -0.508 e. The summed E-state index contributed by atoms with van der Waals surface area (Å²) in [5.74, 6) is 0.257. The number of benzene rings is 3. The number of hydrogen-bond acceptors (Lipinski definition) is 1. The molecule has 112 valence electrons. The quantitative estimate of drug-likeness (QED) is 0.477. The molecule has 0 aliphatic heterocycles. The van der Waals surface area contributed by atoms with Gasteiger partial charge in [0.2, 0.25) is 0 Å². The molecule has 0 aliphatic carbocycles. The smallest absolute Gasteiger partial charge is 0.115 e. The van der Waals surface area contributed by atoms with Crippen LogP contribution in [0.15, 0.2) is 72.8 Å². The maximum absolute atomic E-state index is 9.57. The van der Waals surface area contributed by atoms with Crippen LogP contribution in [0.4, 0.5) is 0 Å². The lowest BCUT2D eigenvalue weighted by Crippen LogP contribution is -1.82. The first-order chi connectivity index (χ1) is 11.2. The lowest BCUT2D eigenvalue weighted by atomic mass is 9.98.